The van der Waals surface area contributed by atoms with E-state index in [4.69, 9.17) is 0 Å². The van der Waals surface area contributed by atoms with E-state index in [1.807, 2.05) is 45.0 Å². The van der Waals surface area contributed by atoms with Gasteiger partial charge in [-0.05, 0) is 45.6 Å². The van der Waals surface area contributed by atoms with Crippen LogP contribution in [0.4, 0.5) is 4.79 Å². The predicted molar refractivity (Wildman–Crippen MR) is 87.8 cm³/mol. The standard InChI is InChI=1S/C16H26N4O2/c1-12(2)19-16(22)18-11-13-5-7-14(8-6-13)15(21)17-9-10-20(3)4/h5-8,12H,9-11H2,1-4H3,(H,17,21)(H2,18,19,22). The molecule has 0 saturated heterocycles. The quantitative estimate of drug-likeness (QED) is 0.708. The van der Waals surface area contributed by atoms with E-state index < -0.39 is 0 Å². The van der Waals surface area contributed by atoms with Crippen LogP contribution in [0.15, 0.2) is 24.3 Å². The molecule has 0 fully saturated rings. The lowest BCUT2D eigenvalue weighted by Crippen LogP contribution is -2.39. The summed E-state index contributed by atoms with van der Waals surface area (Å²) in [4.78, 5) is 25.4. The number of urea groups is 1. The molecule has 1 rings (SSSR count). The van der Waals surface area contributed by atoms with Crippen LogP contribution in [0.3, 0.4) is 0 Å². The Balaban J connectivity index is 2.42. The van der Waals surface area contributed by atoms with Gasteiger partial charge in [-0.1, -0.05) is 12.1 Å². The van der Waals surface area contributed by atoms with E-state index in [-0.39, 0.29) is 18.0 Å². The molecule has 0 spiro atoms. The topological polar surface area (TPSA) is 73.5 Å². The Morgan fingerprint density at radius 3 is 2.27 bits per heavy atom. The van der Waals surface area contributed by atoms with Gasteiger partial charge in [0.25, 0.3) is 5.91 Å². The molecule has 3 amide bonds. The lowest BCUT2D eigenvalue weighted by atomic mass is 10.1. The molecule has 0 atom stereocenters. The van der Waals surface area contributed by atoms with Gasteiger partial charge < -0.3 is 20.9 Å². The van der Waals surface area contributed by atoms with Crippen LogP contribution < -0.4 is 16.0 Å². The van der Waals surface area contributed by atoms with Crippen LogP contribution in [0.25, 0.3) is 0 Å². The third kappa shape index (κ3) is 7.08. The van der Waals surface area contributed by atoms with E-state index in [2.05, 4.69) is 16.0 Å². The summed E-state index contributed by atoms with van der Waals surface area (Å²) < 4.78 is 0. The lowest BCUT2D eigenvalue weighted by Gasteiger charge is -2.11. The fourth-order valence-corrected chi connectivity index (χ4v) is 1.76. The third-order valence-electron chi connectivity index (χ3n) is 2.93. The molecule has 0 aliphatic carbocycles. The molecular formula is C16H26N4O2. The van der Waals surface area contributed by atoms with Crippen LogP contribution in [-0.2, 0) is 6.54 Å². The van der Waals surface area contributed by atoms with Crippen molar-refractivity contribution >= 4 is 11.9 Å². The van der Waals surface area contributed by atoms with Gasteiger partial charge in [0.15, 0.2) is 0 Å². The summed E-state index contributed by atoms with van der Waals surface area (Å²) in [5, 5.41) is 8.39. The van der Waals surface area contributed by atoms with Gasteiger partial charge in [0.05, 0.1) is 0 Å². The molecule has 0 aromatic heterocycles. The number of carbonyl (C=O) groups excluding carboxylic acids is 2. The summed E-state index contributed by atoms with van der Waals surface area (Å²) >= 11 is 0. The third-order valence-corrected chi connectivity index (χ3v) is 2.93. The number of nitrogens with zero attached hydrogens (tertiary/aromatic N) is 1. The highest BCUT2D eigenvalue weighted by Gasteiger charge is 2.06. The van der Waals surface area contributed by atoms with Crippen molar-refractivity contribution in [2.24, 2.45) is 0 Å². The number of likely N-dealkylation sites (N-methyl/N-ethyl adjacent to an activating group) is 1. The number of amides is 3. The molecule has 0 saturated carbocycles. The van der Waals surface area contributed by atoms with Gasteiger partial charge in [0, 0.05) is 31.2 Å². The Kier molecular flexibility index (Phi) is 7.39. The van der Waals surface area contributed by atoms with E-state index in [1.54, 1.807) is 12.1 Å². The minimum Gasteiger partial charge on any atom is -0.351 e. The maximum absolute atomic E-state index is 11.9. The van der Waals surface area contributed by atoms with Crippen LogP contribution >= 0.6 is 0 Å². The Morgan fingerprint density at radius 1 is 1.09 bits per heavy atom. The van der Waals surface area contributed by atoms with Crippen molar-refractivity contribution in [1.82, 2.24) is 20.9 Å². The zero-order valence-electron chi connectivity index (χ0n) is 13.8. The number of carbonyl (C=O) groups is 2. The van der Waals surface area contributed by atoms with Crippen molar-refractivity contribution in [2.45, 2.75) is 26.4 Å². The normalized spacial score (nSPS) is 10.6. The van der Waals surface area contributed by atoms with E-state index in [0.29, 0.717) is 18.7 Å². The van der Waals surface area contributed by atoms with Crippen molar-refractivity contribution < 1.29 is 9.59 Å². The fraction of sp³-hybridized carbons (Fsp3) is 0.500. The van der Waals surface area contributed by atoms with E-state index in [9.17, 15) is 9.59 Å². The second-order valence-electron chi connectivity index (χ2n) is 5.74. The smallest absolute Gasteiger partial charge is 0.315 e. The maximum atomic E-state index is 11.9. The van der Waals surface area contributed by atoms with Crippen molar-refractivity contribution in [2.75, 3.05) is 27.2 Å². The molecule has 0 unspecified atom stereocenters. The van der Waals surface area contributed by atoms with Gasteiger partial charge in [-0.25, -0.2) is 4.79 Å². The molecule has 0 aliphatic heterocycles. The van der Waals surface area contributed by atoms with Crippen LogP contribution in [0.2, 0.25) is 0 Å². The molecule has 3 N–H and O–H groups in total. The van der Waals surface area contributed by atoms with E-state index >= 15 is 0 Å². The maximum Gasteiger partial charge on any atom is 0.315 e. The van der Waals surface area contributed by atoms with Crippen LogP contribution in [0, 0.1) is 0 Å². The molecule has 0 radical (unpaired) electrons. The molecular weight excluding hydrogens is 280 g/mol. The van der Waals surface area contributed by atoms with Gasteiger partial charge in [0.1, 0.15) is 0 Å². The highest BCUT2D eigenvalue weighted by atomic mass is 16.2. The average Bonchev–Trinajstić information content (AvgIpc) is 2.44. The summed E-state index contributed by atoms with van der Waals surface area (Å²) in [7, 11) is 3.92. The molecule has 6 nitrogen and oxygen atoms in total. The summed E-state index contributed by atoms with van der Waals surface area (Å²) in [6.07, 6.45) is 0. The van der Waals surface area contributed by atoms with Crippen LogP contribution in [0.1, 0.15) is 29.8 Å². The highest BCUT2D eigenvalue weighted by molar-refractivity contribution is 5.94. The van der Waals surface area contributed by atoms with Gasteiger partial charge in [-0.15, -0.1) is 0 Å². The molecule has 122 valence electrons. The predicted octanol–water partition coefficient (Wildman–Crippen LogP) is 1.19. The number of nitrogens with one attached hydrogen (secondary N) is 3. The summed E-state index contributed by atoms with van der Waals surface area (Å²) in [6.45, 7) is 5.66. The molecule has 22 heavy (non-hydrogen) atoms. The van der Waals surface area contributed by atoms with Crippen LogP contribution in [-0.4, -0.2) is 50.1 Å². The van der Waals surface area contributed by atoms with E-state index in [0.717, 1.165) is 12.1 Å². The van der Waals surface area contributed by atoms with Gasteiger partial charge in [-0.3, -0.25) is 4.79 Å². The summed E-state index contributed by atoms with van der Waals surface area (Å²) in [6, 6.07) is 7.13. The first-order chi connectivity index (χ1) is 10.4. The number of hydrogen-bond acceptors (Lipinski definition) is 3. The lowest BCUT2D eigenvalue weighted by molar-refractivity contribution is 0.0951. The zero-order valence-corrected chi connectivity index (χ0v) is 13.8. The second kappa shape index (κ2) is 9.04. The molecule has 1 aromatic rings. The first-order valence-electron chi connectivity index (χ1n) is 7.44. The van der Waals surface area contributed by atoms with Gasteiger partial charge in [0.2, 0.25) is 0 Å². The van der Waals surface area contributed by atoms with Gasteiger partial charge >= 0.3 is 6.03 Å². The fourth-order valence-electron chi connectivity index (χ4n) is 1.76. The monoisotopic (exact) mass is 306 g/mol. The number of rotatable bonds is 7. The average molecular weight is 306 g/mol. The zero-order chi connectivity index (χ0) is 16.5. The van der Waals surface area contributed by atoms with Gasteiger partial charge in [-0.2, -0.15) is 0 Å². The summed E-state index contributed by atoms with van der Waals surface area (Å²) in [5.74, 6) is -0.0843. The Hall–Kier alpha value is -2.08. The Labute approximate surface area is 132 Å². The van der Waals surface area contributed by atoms with Crippen LogP contribution in [0.5, 0.6) is 0 Å². The molecule has 0 aliphatic rings. The van der Waals surface area contributed by atoms with Crippen molar-refractivity contribution in [1.29, 1.82) is 0 Å². The van der Waals surface area contributed by atoms with E-state index in [1.165, 1.54) is 0 Å². The highest BCUT2D eigenvalue weighted by Crippen LogP contribution is 2.04. The largest absolute Gasteiger partial charge is 0.351 e. The minimum absolute atomic E-state index is 0.0843. The molecule has 6 heteroatoms. The molecule has 0 heterocycles. The van der Waals surface area contributed by atoms with Crippen molar-refractivity contribution in [3.63, 3.8) is 0 Å². The first kappa shape index (κ1) is 18.0. The van der Waals surface area contributed by atoms with Crippen molar-refractivity contribution in [3.05, 3.63) is 35.4 Å². The number of hydrogen-bond donors (Lipinski definition) is 3. The first-order valence-corrected chi connectivity index (χ1v) is 7.44. The SMILES string of the molecule is CC(C)NC(=O)NCc1ccc(C(=O)NCCN(C)C)cc1. The Bertz CT molecular complexity index is 483. The molecule has 0 bridgehead atoms. The summed E-state index contributed by atoms with van der Waals surface area (Å²) in [5.41, 5.74) is 1.57. The van der Waals surface area contributed by atoms with Crippen molar-refractivity contribution in [3.8, 4) is 0 Å². The molecule has 1 aromatic carbocycles. The Morgan fingerprint density at radius 2 is 1.73 bits per heavy atom. The number of benzene rings is 1. The minimum atomic E-state index is -0.194. The second-order valence-corrected chi connectivity index (χ2v) is 5.74.